The van der Waals surface area contributed by atoms with Gasteiger partial charge in [0.2, 0.25) is 0 Å². The summed E-state index contributed by atoms with van der Waals surface area (Å²) in [4.78, 5) is 11.7. The molecule has 0 aliphatic heterocycles. The quantitative estimate of drug-likeness (QED) is 0.826. The summed E-state index contributed by atoms with van der Waals surface area (Å²) >= 11 is 0. The molecule has 0 aromatic heterocycles. The molecule has 0 aliphatic rings. The molecule has 0 fully saturated rings. The average molecular weight is 265 g/mol. The van der Waals surface area contributed by atoms with Gasteiger partial charge in [0.05, 0.1) is 11.6 Å². The Bertz CT molecular complexity index is 427. The molecule has 19 heavy (non-hydrogen) atoms. The van der Waals surface area contributed by atoms with Crippen LogP contribution in [0.25, 0.3) is 0 Å². The minimum atomic E-state index is -0.661. The highest BCUT2D eigenvalue weighted by atomic mass is 16.5. The molecule has 0 saturated heterocycles. The summed E-state index contributed by atoms with van der Waals surface area (Å²) in [7, 11) is 0. The first kappa shape index (κ1) is 15.5. The number of aliphatic hydroxyl groups excluding tert-OH is 1. The van der Waals surface area contributed by atoms with Crippen molar-refractivity contribution in [3.63, 3.8) is 0 Å². The Balaban J connectivity index is 2.50. The molecule has 2 N–H and O–H groups in total. The molecule has 0 aliphatic carbocycles. The second-order valence-electron chi connectivity index (χ2n) is 5.24. The topological polar surface area (TPSA) is 58.6 Å². The van der Waals surface area contributed by atoms with E-state index >= 15 is 0 Å². The van der Waals surface area contributed by atoms with Gasteiger partial charge >= 0.3 is 0 Å². The van der Waals surface area contributed by atoms with Crippen LogP contribution in [0.15, 0.2) is 24.3 Å². The first-order valence-electron chi connectivity index (χ1n) is 6.56. The maximum Gasteiger partial charge on any atom is 0.258 e. The number of rotatable bonds is 6. The fourth-order valence-corrected chi connectivity index (χ4v) is 1.50. The van der Waals surface area contributed by atoms with Gasteiger partial charge in [-0.15, -0.1) is 0 Å². The van der Waals surface area contributed by atoms with Gasteiger partial charge in [-0.1, -0.05) is 19.1 Å². The van der Waals surface area contributed by atoms with Gasteiger partial charge in [0.25, 0.3) is 5.91 Å². The molecule has 0 spiro atoms. The lowest BCUT2D eigenvalue weighted by Gasteiger charge is -2.29. The lowest BCUT2D eigenvalue weighted by atomic mass is 9.99. The van der Waals surface area contributed by atoms with Gasteiger partial charge in [-0.3, -0.25) is 4.79 Å². The van der Waals surface area contributed by atoms with Crippen LogP contribution < -0.4 is 10.1 Å². The Morgan fingerprint density at radius 3 is 2.74 bits per heavy atom. The SMILES string of the molecule is CCc1cccc(OCC(=O)NC(C)(C)C(C)O)c1. The third kappa shape index (κ3) is 4.91. The number of hydrogen-bond acceptors (Lipinski definition) is 3. The van der Waals surface area contributed by atoms with Crippen LogP contribution in [-0.2, 0) is 11.2 Å². The molecule has 1 rings (SSSR count). The van der Waals surface area contributed by atoms with E-state index < -0.39 is 11.6 Å². The highest BCUT2D eigenvalue weighted by Crippen LogP contribution is 2.14. The minimum Gasteiger partial charge on any atom is -0.484 e. The molecule has 0 saturated carbocycles. The van der Waals surface area contributed by atoms with Crippen LogP contribution in [-0.4, -0.2) is 29.3 Å². The predicted octanol–water partition coefficient (Wildman–Crippen LogP) is 1.90. The Hall–Kier alpha value is -1.55. The number of carbonyl (C=O) groups excluding carboxylic acids is 1. The van der Waals surface area contributed by atoms with Gasteiger partial charge in [-0.05, 0) is 44.9 Å². The van der Waals surface area contributed by atoms with Gasteiger partial charge in [-0.25, -0.2) is 0 Å². The number of aryl methyl sites for hydroxylation is 1. The smallest absolute Gasteiger partial charge is 0.258 e. The largest absolute Gasteiger partial charge is 0.484 e. The molecule has 0 bridgehead atoms. The number of hydrogen-bond donors (Lipinski definition) is 2. The van der Waals surface area contributed by atoms with E-state index in [9.17, 15) is 9.90 Å². The van der Waals surface area contributed by atoms with Crippen LogP contribution in [0.3, 0.4) is 0 Å². The molecule has 1 amide bonds. The molecule has 1 aromatic rings. The number of nitrogens with one attached hydrogen (secondary N) is 1. The fourth-order valence-electron chi connectivity index (χ4n) is 1.50. The molecule has 106 valence electrons. The van der Waals surface area contributed by atoms with Crippen molar-refractivity contribution < 1.29 is 14.6 Å². The summed E-state index contributed by atoms with van der Waals surface area (Å²) in [5.41, 5.74) is 0.508. The second kappa shape index (κ2) is 6.57. The molecule has 1 unspecified atom stereocenters. The highest BCUT2D eigenvalue weighted by Gasteiger charge is 2.25. The normalized spacial score (nSPS) is 12.9. The van der Waals surface area contributed by atoms with Crippen LogP contribution >= 0.6 is 0 Å². The molecular formula is C15H23NO3. The summed E-state index contributed by atoms with van der Waals surface area (Å²) in [5, 5.41) is 12.3. The maximum absolute atomic E-state index is 11.7. The average Bonchev–Trinajstić information content (AvgIpc) is 2.36. The molecule has 4 heteroatoms. The fraction of sp³-hybridized carbons (Fsp3) is 0.533. The monoisotopic (exact) mass is 265 g/mol. The lowest BCUT2D eigenvalue weighted by Crippen LogP contribution is -2.52. The van der Waals surface area contributed by atoms with E-state index in [0.29, 0.717) is 5.75 Å². The third-order valence-corrected chi connectivity index (χ3v) is 3.18. The third-order valence-electron chi connectivity index (χ3n) is 3.18. The zero-order valence-corrected chi connectivity index (χ0v) is 12.1. The zero-order chi connectivity index (χ0) is 14.5. The van der Waals surface area contributed by atoms with Crippen molar-refractivity contribution in [2.75, 3.05) is 6.61 Å². The summed E-state index contributed by atoms with van der Waals surface area (Å²) in [5.74, 6) is 0.442. The number of carbonyl (C=O) groups is 1. The minimum absolute atomic E-state index is 0.0523. The van der Waals surface area contributed by atoms with Gasteiger partial charge in [-0.2, -0.15) is 0 Å². The predicted molar refractivity (Wildman–Crippen MR) is 75.2 cm³/mol. The number of amides is 1. The van der Waals surface area contributed by atoms with E-state index in [1.807, 2.05) is 24.3 Å². The standard InChI is InChI=1S/C15H23NO3/c1-5-12-7-6-8-13(9-12)19-10-14(18)16-15(3,4)11(2)17/h6-9,11,17H,5,10H2,1-4H3,(H,16,18). The van der Waals surface area contributed by atoms with Crippen molar-refractivity contribution in [1.29, 1.82) is 0 Å². The van der Waals surface area contributed by atoms with Gasteiger partial charge < -0.3 is 15.2 Å². The number of benzene rings is 1. The van der Waals surface area contributed by atoms with Crippen molar-refractivity contribution in [1.82, 2.24) is 5.32 Å². The van der Waals surface area contributed by atoms with Crippen molar-refractivity contribution in [2.24, 2.45) is 0 Å². The van der Waals surface area contributed by atoms with Crippen molar-refractivity contribution in [3.8, 4) is 5.75 Å². The Morgan fingerprint density at radius 1 is 1.47 bits per heavy atom. The van der Waals surface area contributed by atoms with Gasteiger partial charge in [0, 0.05) is 0 Å². The maximum atomic E-state index is 11.7. The Labute approximate surface area is 114 Å². The molecule has 4 nitrogen and oxygen atoms in total. The lowest BCUT2D eigenvalue weighted by molar-refractivity contribution is -0.126. The summed E-state index contributed by atoms with van der Waals surface area (Å²) < 4.78 is 5.44. The zero-order valence-electron chi connectivity index (χ0n) is 12.1. The van der Waals surface area contributed by atoms with Crippen LogP contribution in [0.4, 0.5) is 0 Å². The van der Waals surface area contributed by atoms with Crippen LogP contribution in [0.2, 0.25) is 0 Å². The number of aliphatic hydroxyl groups is 1. The van der Waals surface area contributed by atoms with E-state index in [-0.39, 0.29) is 12.5 Å². The Morgan fingerprint density at radius 2 is 2.16 bits per heavy atom. The van der Waals surface area contributed by atoms with E-state index in [0.717, 1.165) is 6.42 Å². The van der Waals surface area contributed by atoms with Crippen molar-refractivity contribution in [3.05, 3.63) is 29.8 Å². The molecular weight excluding hydrogens is 242 g/mol. The van der Waals surface area contributed by atoms with E-state index in [1.165, 1.54) is 5.56 Å². The van der Waals surface area contributed by atoms with Crippen LogP contribution in [0, 0.1) is 0 Å². The van der Waals surface area contributed by atoms with Gasteiger partial charge in [0.15, 0.2) is 6.61 Å². The number of ether oxygens (including phenoxy) is 1. The van der Waals surface area contributed by atoms with Crippen molar-refractivity contribution >= 4 is 5.91 Å². The van der Waals surface area contributed by atoms with Crippen LogP contribution in [0.5, 0.6) is 5.75 Å². The van der Waals surface area contributed by atoms with E-state index in [1.54, 1.807) is 20.8 Å². The Kier molecular flexibility index (Phi) is 5.36. The summed E-state index contributed by atoms with van der Waals surface area (Å²) in [6, 6.07) is 7.68. The van der Waals surface area contributed by atoms with E-state index in [4.69, 9.17) is 4.74 Å². The van der Waals surface area contributed by atoms with Gasteiger partial charge in [0.1, 0.15) is 5.75 Å². The first-order chi connectivity index (χ1) is 8.85. The second-order valence-corrected chi connectivity index (χ2v) is 5.24. The van der Waals surface area contributed by atoms with E-state index in [2.05, 4.69) is 12.2 Å². The molecule has 1 aromatic carbocycles. The van der Waals surface area contributed by atoms with Crippen LogP contribution in [0.1, 0.15) is 33.3 Å². The summed E-state index contributed by atoms with van der Waals surface area (Å²) in [6.45, 7) is 7.20. The molecule has 1 atom stereocenters. The molecule has 0 heterocycles. The molecule has 0 radical (unpaired) electrons. The highest BCUT2D eigenvalue weighted by molar-refractivity contribution is 5.78. The van der Waals surface area contributed by atoms with Crippen molar-refractivity contribution in [2.45, 2.75) is 45.8 Å². The summed E-state index contributed by atoms with van der Waals surface area (Å²) in [6.07, 6.45) is 0.304. The first-order valence-corrected chi connectivity index (χ1v) is 6.56.